The summed E-state index contributed by atoms with van der Waals surface area (Å²) in [4.78, 5) is 0. The first-order chi connectivity index (χ1) is 6.47. The number of nitrogens with zero attached hydrogens (tertiary/aromatic N) is 1. The highest BCUT2D eigenvalue weighted by atomic mass is 19.4. The molecule has 1 rings (SSSR count). The third kappa shape index (κ3) is 2.29. The average molecular weight is 195 g/mol. The largest absolute Gasteiger partial charge is 0.416 e. The molecule has 0 amide bonds. The van der Waals surface area contributed by atoms with Gasteiger partial charge in [0.2, 0.25) is 0 Å². The van der Waals surface area contributed by atoms with Crippen molar-refractivity contribution in [2.75, 3.05) is 0 Å². The van der Waals surface area contributed by atoms with Crippen molar-refractivity contribution in [3.8, 4) is 6.07 Å². The summed E-state index contributed by atoms with van der Waals surface area (Å²) in [6.45, 7) is 0. The van der Waals surface area contributed by atoms with E-state index in [4.69, 9.17) is 13.1 Å². The van der Waals surface area contributed by atoms with Crippen LogP contribution in [0.25, 0.3) is 0 Å². The van der Waals surface area contributed by atoms with Crippen molar-refractivity contribution in [2.45, 2.75) is 12.5 Å². The number of nitriles is 1. The molecule has 1 aromatic rings. The predicted octanol–water partition coefficient (Wildman–Crippen LogP) is 2.25. The van der Waals surface area contributed by atoms with Gasteiger partial charge in [0, 0.05) is 0 Å². The third-order valence-electron chi connectivity index (χ3n) is 1.68. The summed E-state index contributed by atoms with van der Waals surface area (Å²) >= 11 is 0. The van der Waals surface area contributed by atoms with E-state index in [0.29, 0.717) is 5.56 Å². The predicted molar refractivity (Wildman–Crippen MR) is 45.6 cm³/mol. The molecular formula is C9H5BF3N. The van der Waals surface area contributed by atoms with Crippen molar-refractivity contribution in [1.29, 1.82) is 5.26 Å². The molecule has 1 aromatic carbocycles. The topological polar surface area (TPSA) is 23.8 Å². The number of alkyl halides is 3. The van der Waals surface area contributed by atoms with E-state index in [1.807, 2.05) is 0 Å². The average Bonchev–Trinajstić information content (AvgIpc) is 2.15. The Morgan fingerprint density at radius 3 is 2.36 bits per heavy atom. The lowest BCUT2D eigenvalue weighted by Gasteiger charge is -2.08. The first kappa shape index (κ1) is 10.6. The minimum absolute atomic E-state index is 0.0153. The van der Waals surface area contributed by atoms with Crippen LogP contribution in [0.2, 0.25) is 0 Å². The fourth-order valence-corrected chi connectivity index (χ4v) is 1.04. The van der Waals surface area contributed by atoms with Gasteiger partial charge in [-0.05, 0) is 18.2 Å². The SMILES string of the molecule is [B]Cc1cc(C#N)cc(C(F)(F)F)c1. The molecule has 0 fully saturated rings. The molecule has 5 heteroatoms. The van der Waals surface area contributed by atoms with E-state index in [1.54, 1.807) is 6.07 Å². The van der Waals surface area contributed by atoms with Gasteiger partial charge in [-0.1, -0.05) is 11.9 Å². The summed E-state index contributed by atoms with van der Waals surface area (Å²) in [5.41, 5.74) is -0.561. The lowest BCUT2D eigenvalue weighted by molar-refractivity contribution is -0.137. The van der Waals surface area contributed by atoms with Crippen LogP contribution in [0.4, 0.5) is 13.2 Å². The van der Waals surface area contributed by atoms with Crippen molar-refractivity contribution < 1.29 is 13.2 Å². The summed E-state index contributed by atoms with van der Waals surface area (Å²) < 4.78 is 36.8. The lowest BCUT2D eigenvalue weighted by atomic mass is 9.94. The Morgan fingerprint density at radius 2 is 1.93 bits per heavy atom. The van der Waals surface area contributed by atoms with E-state index >= 15 is 0 Å². The molecule has 0 aliphatic rings. The summed E-state index contributed by atoms with van der Waals surface area (Å²) in [5, 5.41) is 8.49. The van der Waals surface area contributed by atoms with Gasteiger partial charge in [-0.15, -0.1) is 0 Å². The Hall–Kier alpha value is -1.44. The third-order valence-corrected chi connectivity index (χ3v) is 1.68. The van der Waals surface area contributed by atoms with Gasteiger partial charge in [-0.25, -0.2) is 0 Å². The highest BCUT2D eigenvalue weighted by molar-refractivity contribution is 6.08. The van der Waals surface area contributed by atoms with Crippen LogP contribution in [0.3, 0.4) is 0 Å². The maximum atomic E-state index is 12.3. The summed E-state index contributed by atoms with van der Waals surface area (Å²) in [5.74, 6) is 0. The van der Waals surface area contributed by atoms with Crippen molar-refractivity contribution in [2.24, 2.45) is 0 Å². The molecule has 0 aliphatic carbocycles. The second kappa shape index (κ2) is 3.75. The molecule has 0 bridgehead atoms. The maximum absolute atomic E-state index is 12.3. The van der Waals surface area contributed by atoms with Gasteiger partial charge in [-0.2, -0.15) is 18.4 Å². The van der Waals surface area contributed by atoms with Gasteiger partial charge in [0.15, 0.2) is 0 Å². The number of benzene rings is 1. The zero-order valence-electron chi connectivity index (χ0n) is 7.10. The number of hydrogen-bond donors (Lipinski definition) is 0. The lowest BCUT2D eigenvalue weighted by Crippen LogP contribution is -2.06. The van der Waals surface area contributed by atoms with E-state index < -0.39 is 11.7 Å². The molecule has 70 valence electrons. The Morgan fingerprint density at radius 1 is 1.29 bits per heavy atom. The number of hydrogen-bond acceptors (Lipinski definition) is 1. The minimum atomic E-state index is -4.43. The fourth-order valence-electron chi connectivity index (χ4n) is 1.04. The second-order valence-electron chi connectivity index (χ2n) is 2.73. The van der Waals surface area contributed by atoms with Gasteiger partial charge in [0.1, 0.15) is 0 Å². The van der Waals surface area contributed by atoms with Crippen molar-refractivity contribution in [1.82, 2.24) is 0 Å². The number of halogens is 3. The van der Waals surface area contributed by atoms with Gasteiger partial charge >= 0.3 is 6.18 Å². The van der Waals surface area contributed by atoms with E-state index in [-0.39, 0.29) is 11.9 Å². The van der Waals surface area contributed by atoms with Crippen LogP contribution < -0.4 is 0 Å². The molecule has 2 radical (unpaired) electrons. The van der Waals surface area contributed by atoms with Crippen LogP contribution in [-0.2, 0) is 12.5 Å². The summed E-state index contributed by atoms with van der Waals surface area (Å²) in [6.07, 6.45) is -4.45. The van der Waals surface area contributed by atoms with Crippen molar-refractivity contribution in [3.63, 3.8) is 0 Å². The van der Waals surface area contributed by atoms with Gasteiger partial charge in [0.05, 0.1) is 25.0 Å². The van der Waals surface area contributed by atoms with E-state index in [2.05, 4.69) is 0 Å². The van der Waals surface area contributed by atoms with Crippen LogP contribution in [0.15, 0.2) is 18.2 Å². The molecule has 0 saturated carbocycles. The molecule has 0 N–H and O–H groups in total. The van der Waals surface area contributed by atoms with E-state index in [9.17, 15) is 13.2 Å². The Balaban J connectivity index is 3.26. The van der Waals surface area contributed by atoms with Crippen LogP contribution in [0.5, 0.6) is 0 Å². The normalized spacial score (nSPS) is 11.0. The van der Waals surface area contributed by atoms with Gasteiger partial charge in [-0.3, -0.25) is 0 Å². The quantitative estimate of drug-likeness (QED) is 0.630. The molecule has 0 aliphatic heterocycles. The molecule has 0 spiro atoms. The standard InChI is InChI=1S/C9H5BF3N/c10-4-6-1-7(5-14)3-8(2-6)9(11,12)13/h1-3H,4H2. The minimum Gasteiger partial charge on any atom is -0.192 e. The molecule has 0 atom stereocenters. The van der Waals surface area contributed by atoms with Crippen LogP contribution in [-0.4, -0.2) is 7.85 Å². The first-order valence-corrected chi connectivity index (χ1v) is 3.78. The van der Waals surface area contributed by atoms with Crippen LogP contribution >= 0.6 is 0 Å². The van der Waals surface area contributed by atoms with E-state index in [0.717, 1.165) is 12.1 Å². The van der Waals surface area contributed by atoms with Crippen molar-refractivity contribution in [3.05, 3.63) is 34.9 Å². The molecule has 14 heavy (non-hydrogen) atoms. The monoisotopic (exact) mass is 195 g/mol. The number of rotatable bonds is 1. The molecule has 0 unspecified atom stereocenters. The Bertz CT molecular complexity index is 379. The zero-order valence-corrected chi connectivity index (χ0v) is 7.10. The zero-order chi connectivity index (χ0) is 10.8. The smallest absolute Gasteiger partial charge is 0.192 e. The van der Waals surface area contributed by atoms with Crippen LogP contribution in [0.1, 0.15) is 16.7 Å². The summed E-state index contributed by atoms with van der Waals surface area (Å²) in [7, 11) is 5.21. The Kier molecular flexibility index (Phi) is 2.85. The maximum Gasteiger partial charge on any atom is 0.416 e. The first-order valence-electron chi connectivity index (χ1n) is 3.78. The van der Waals surface area contributed by atoms with Crippen molar-refractivity contribution >= 4 is 7.85 Å². The van der Waals surface area contributed by atoms with Crippen LogP contribution in [0, 0.1) is 11.3 Å². The summed E-state index contributed by atoms with van der Waals surface area (Å²) in [6, 6.07) is 4.75. The highest BCUT2D eigenvalue weighted by Gasteiger charge is 2.30. The Labute approximate surface area is 80.6 Å². The second-order valence-corrected chi connectivity index (χ2v) is 2.73. The fraction of sp³-hybridized carbons (Fsp3) is 0.222. The molecule has 0 saturated heterocycles. The van der Waals surface area contributed by atoms with E-state index in [1.165, 1.54) is 6.07 Å². The van der Waals surface area contributed by atoms with Gasteiger partial charge < -0.3 is 0 Å². The molecular weight excluding hydrogens is 190 g/mol. The van der Waals surface area contributed by atoms with Gasteiger partial charge in [0.25, 0.3) is 0 Å². The molecule has 0 heterocycles. The molecule has 0 aromatic heterocycles. The highest BCUT2D eigenvalue weighted by Crippen LogP contribution is 2.30. The molecule has 1 nitrogen and oxygen atoms in total.